The van der Waals surface area contributed by atoms with Crippen molar-refractivity contribution in [2.45, 2.75) is 12.8 Å². The Kier molecular flexibility index (Phi) is 6.11. The molecule has 2 aromatic carbocycles. The van der Waals surface area contributed by atoms with Gasteiger partial charge < -0.3 is 14.2 Å². The number of hydrogen-bond acceptors (Lipinski definition) is 6. The number of methoxy groups -OCH3 is 2. The SMILES string of the molecule is CCOC(=O)C(c1ccc2ccccc2c1)C(C(=O)OC)C(=O)OC. The molecule has 2 aromatic rings. The topological polar surface area (TPSA) is 78.9 Å². The maximum absolute atomic E-state index is 12.5. The summed E-state index contributed by atoms with van der Waals surface area (Å²) in [5.74, 6) is -4.96. The summed E-state index contributed by atoms with van der Waals surface area (Å²) >= 11 is 0. The van der Waals surface area contributed by atoms with Crippen LogP contribution < -0.4 is 0 Å². The molecule has 0 aromatic heterocycles. The Balaban J connectivity index is 2.58. The van der Waals surface area contributed by atoms with Crippen LogP contribution in [0.15, 0.2) is 42.5 Å². The molecule has 0 bridgehead atoms. The quantitative estimate of drug-likeness (QED) is 0.455. The summed E-state index contributed by atoms with van der Waals surface area (Å²) < 4.78 is 14.5. The Morgan fingerprint density at radius 1 is 0.880 bits per heavy atom. The molecule has 0 aliphatic carbocycles. The average Bonchev–Trinajstić information content (AvgIpc) is 2.64. The van der Waals surface area contributed by atoms with E-state index in [9.17, 15) is 14.4 Å². The lowest BCUT2D eigenvalue weighted by molar-refractivity contribution is -0.165. The van der Waals surface area contributed by atoms with E-state index in [1.54, 1.807) is 19.1 Å². The van der Waals surface area contributed by atoms with Crippen LogP contribution in [0.2, 0.25) is 0 Å². The van der Waals surface area contributed by atoms with Crippen LogP contribution in [0, 0.1) is 5.92 Å². The van der Waals surface area contributed by atoms with E-state index in [4.69, 9.17) is 14.2 Å². The first-order valence-electron chi connectivity index (χ1n) is 7.84. The molecule has 0 saturated heterocycles. The maximum Gasteiger partial charge on any atom is 0.321 e. The fourth-order valence-electron chi connectivity index (χ4n) is 2.72. The molecule has 0 aliphatic rings. The highest BCUT2D eigenvalue weighted by molar-refractivity contribution is 6.01. The molecule has 6 heteroatoms. The lowest BCUT2D eigenvalue weighted by Crippen LogP contribution is -2.37. The number of esters is 3. The van der Waals surface area contributed by atoms with E-state index in [1.807, 2.05) is 30.3 Å². The average molecular weight is 344 g/mol. The molecule has 0 heterocycles. The predicted octanol–water partition coefficient (Wildman–Crippen LogP) is 2.45. The number of carbonyl (C=O) groups is 3. The van der Waals surface area contributed by atoms with Gasteiger partial charge in [-0.25, -0.2) is 0 Å². The third kappa shape index (κ3) is 3.96. The molecule has 2 rings (SSSR count). The highest BCUT2D eigenvalue weighted by Gasteiger charge is 2.43. The van der Waals surface area contributed by atoms with Crippen molar-refractivity contribution in [3.05, 3.63) is 48.0 Å². The molecule has 1 atom stereocenters. The normalized spacial score (nSPS) is 11.8. The maximum atomic E-state index is 12.5. The van der Waals surface area contributed by atoms with Crippen LogP contribution in [0.5, 0.6) is 0 Å². The van der Waals surface area contributed by atoms with E-state index in [0.717, 1.165) is 25.0 Å². The number of carbonyl (C=O) groups excluding carboxylic acids is 3. The standard InChI is InChI=1S/C19H20O6/c1-4-25-19(22)15(16(17(20)23-2)18(21)24-3)14-10-9-12-7-5-6-8-13(12)11-14/h5-11,15-16H,4H2,1-3H3. The molecule has 132 valence electrons. The fourth-order valence-corrected chi connectivity index (χ4v) is 2.72. The van der Waals surface area contributed by atoms with Gasteiger partial charge in [-0.2, -0.15) is 0 Å². The molecular weight excluding hydrogens is 324 g/mol. The van der Waals surface area contributed by atoms with Crippen LogP contribution in [0.3, 0.4) is 0 Å². The summed E-state index contributed by atoms with van der Waals surface area (Å²) in [6.45, 7) is 1.78. The van der Waals surface area contributed by atoms with Crippen LogP contribution in [-0.4, -0.2) is 38.7 Å². The molecule has 0 saturated carbocycles. The van der Waals surface area contributed by atoms with Crippen LogP contribution >= 0.6 is 0 Å². The van der Waals surface area contributed by atoms with Crippen molar-refractivity contribution in [1.82, 2.24) is 0 Å². The highest BCUT2D eigenvalue weighted by Crippen LogP contribution is 2.31. The van der Waals surface area contributed by atoms with Gasteiger partial charge in [-0.15, -0.1) is 0 Å². The Labute approximate surface area is 145 Å². The predicted molar refractivity (Wildman–Crippen MR) is 90.8 cm³/mol. The second-order valence-corrected chi connectivity index (χ2v) is 5.36. The second kappa shape index (κ2) is 8.28. The largest absolute Gasteiger partial charge is 0.468 e. The van der Waals surface area contributed by atoms with Gasteiger partial charge in [0.1, 0.15) is 5.92 Å². The van der Waals surface area contributed by atoms with Crippen LogP contribution in [-0.2, 0) is 28.6 Å². The number of benzene rings is 2. The lowest BCUT2D eigenvalue weighted by atomic mass is 9.85. The molecule has 0 aliphatic heterocycles. The van der Waals surface area contributed by atoms with Gasteiger partial charge in [-0.3, -0.25) is 14.4 Å². The molecule has 6 nitrogen and oxygen atoms in total. The number of fused-ring (bicyclic) bond motifs is 1. The van der Waals surface area contributed by atoms with E-state index in [2.05, 4.69) is 0 Å². The van der Waals surface area contributed by atoms with Gasteiger partial charge in [0.05, 0.1) is 20.8 Å². The molecule has 0 radical (unpaired) electrons. The van der Waals surface area contributed by atoms with Crippen molar-refractivity contribution in [2.24, 2.45) is 5.92 Å². The summed E-state index contributed by atoms with van der Waals surface area (Å²) in [5, 5.41) is 1.85. The van der Waals surface area contributed by atoms with Gasteiger partial charge in [0.25, 0.3) is 0 Å². The van der Waals surface area contributed by atoms with Crippen molar-refractivity contribution < 1.29 is 28.6 Å². The minimum Gasteiger partial charge on any atom is -0.468 e. The van der Waals surface area contributed by atoms with Crippen molar-refractivity contribution in [2.75, 3.05) is 20.8 Å². The second-order valence-electron chi connectivity index (χ2n) is 5.36. The molecule has 25 heavy (non-hydrogen) atoms. The zero-order chi connectivity index (χ0) is 18.4. The molecule has 0 fully saturated rings. The smallest absolute Gasteiger partial charge is 0.321 e. The third-order valence-corrected chi connectivity index (χ3v) is 3.92. The zero-order valence-corrected chi connectivity index (χ0v) is 14.4. The Morgan fingerprint density at radius 3 is 2.04 bits per heavy atom. The van der Waals surface area contributed by atoms with Crippen molar-refractivity contribution in [1.29, 1.82) is 0 Å². The highest BCUT2D eigenvalue weighted by atomic mass is 16.5. The van der Waals surface area contributed by atoms with Crippen LogP contribution in [0.1, 0.15) is 18.4 Å². The zero-order valence-electron chi connectivity index (χ0n) is 14.4. The monoisotopic (exact) mass is 344 g/mol. The summed E-state index contributed by atoms with van der Waals surface area (Å²) in [6.07, 6.45) is 0. The Morgan fingerprint density at radius 2 is 1.48 bits per heavy atom. The lowest BCUT2D eigenvalue weighted by Gasteiger charge is -2.22. The number of rotatable bonds is 6. The minimum absolute atomic E-state index is 0.123. The Hall–Kier alpha value is -2.89. The van der Waals surface area contributed by atoms with E-state index in [1.165, 1.54) is 0 Å². The Bertz CT molecular complexity index is 766. The summed E-state index contributed by atoms with van der Waals surface area (Å²) in [4.78, 5) is 36.9. The van der Waals surface area contributed by atoms with Gasteiger partial charge in [-0.05, 0) is 23.3 Å². The minimum atomic E-state index is -1.43. The van der Waals surface area contributed by atoms with Gasteiger partial charge in [0.2, 0.25) is 0 Å². The first-order valence-corrected chi connectivity index (χ1v) is 7.84. The number of hydrogen-bond donors (Lipinski definition) is 0. The summed E-state index contributed by atoms with van der Waals surface area (Å²) in [6, 6.07) is 12.9. The molecular formula is C19H20O6. The van der Waals surface area contributed by atoms with Crippen LogP contribution in [0.4, 0.5) is 0 Å². The summed E-state index contributed by atoms with van der Waals surface area (Å²) in [5.41, 5.74) is 0.484. The molecule has 0 amide bonds. The van der Waals surface area contributed by atoms with Gasteiger partial charge in [-0.1, -0.05) is 42.5 Å². The first kappa shape index (κ1) is 18.4. The van der Waals surface area contributed by atoms with Crippen LogP contribution in [0.25, 0.3) is 10.8 Å². The summed E-state index contributed by atoms with van der Waals surface area (Å²) in [7, 11) is 2.31. The van der Waals surface area contributed by atoms with Gasteiger partial charge in [0.15, 0.2) is 5.92 Å². The van der Waals surface area contributed by atoms with Crippen molar-refractivity contribution >= 4 is 28.7 Å². The molecule has 1 unspecified atom stereocenters. The third-order valence-electron chi connectivity index (χ3n) is 3.92. The number of ether oxygens (including phenoxy) is 3. The van der Waals surface area contributed by atoms with E-state index in [-0.39, 0.29) is 6.61 Å². The van der Waals surface area contributed by atoms with E-state index in [0.29, 0.717) is 5.56 Å². The molecule has 0 N–H and O–H groups in total. The van der Waals surface area contributed by atoms with Gasteiger partial charge >= 0.3 is 17.9 Å². The molecule has 0 spiro atoms. The van der Waals surface area contributed by atoms with Crippen molar-refractivity contribution in [3.63, 3.8) is 0 Å². The van der Waals surface area contributed by atoms with Gasteiger partial charge in [0, 0.05) is 0 Å². The van der Waals surface area contributed by atoms with Crippen molar-refractivity contribution in [3.8, 4) is 0 Å². The fraction of sp³-hybridized carbons (Fsp3) is 0.316. The van der Waals surface area contributed by atoms with E-state index >= 15 is 0 Å². The first-order chi connectivity index (χ1) is 12.0. The van der Waals surface area contributed by atoms with E-state index < -0.39 is 29.7 Å².